The number of H-pyrrole nitrogens is 1. The summed E-state index contributed by atoms with van der Waals surface area (Å²) in [6.45, 7) is 0.148. The van der Waals surface area contributed by atoms with Crippen molar-refractivity contribution >= 4 is 35.6 Å². The molecule has 4 atom stereocenters. The second kappa shape index (κ2) is 17.0. The highest BCUT2D eigenvalue weighted by molar-refractivity contribution is 5.94. The monoisotopic (exact) mass is 587 g/mol. The van der Waals surface area contributed by atoms with Gasteiger partial charge in [-0.2, -0.15) is 0 Å². The molecule has 0 radical (unpaired) electrons. The Hall–Kier alpha value is -4.99. The van der Waals surface area contributed by atoms with Crippen molar-refractivity contribution in [3.05, 3.63) is 54.1 Å². The van der Waals surface area contributed by atoms with Crippen LogP contribution in [-0.2, 0) is 36.8 Å². The molecule has 12 N–H and O–H groups in total. The third-order valence-electron chi connectivity index (χ3n) is 6.09. The Morgan fingerprint density at radius 3 is 2.07 bits per heavy atom. The van der Waals surface area contributed by atoms with E-state index in [1.807, 2.05) is 6.07 Å². The molecular formula is C26H37N9O7. The van der Waals surface area contributed by atoms with Crippen molar-refractivity contribution in [3.8, 4) is 0 Å². The zero-order valence-electron chi connectivity index (χ0n) is 22.9. The third kappa shape index (κ3) is 12.0. The Morgan fingerprint density at radius 2 is 1.50 bits per heavy atom. The standard InChI is InChI=1S/C26H37N9O7/c27-17(11-15-5-2-1-3-6-15)22(38)33-18(7-4-10-31-26(28)29)23(39)34-19(8-9-21(36)37)24(40)35-20(25(41)42)12-16-13-30-14-32-16/h1-3,5-6,13-14,17-20H,4,7-12,27H2,(H,30,32)(H,33,38)(H,34,39)(H,35,40)(H,36,37)(H,41,42)(H4,28,29,31). The van der Waals surface area contributed by atoms with E-state index >= 15 is 0 Å². The number of aliphatic carboxylic acids is 2. The summed E-state index contributed by atoms with van der Waals surface area (Å²) < 4.78 is 0. The number of benzene rings is 1. The molecule has 2 rings (SSSR count). The number of nitrogens with zero attached hydrogens (tertiary/aromatic N) is 2. The molecule has 228 valence electrons. The van der Waals surface area contributed by atoms with Crippen LogP contribution in [0.4, 0.5) is 0 Å². The molecule has 0 aliphatic carbocycles. The molecule has 3 amide bonds. The molecule has 0 saturated heterocycles. The van der Waals surface area contributed by atoms with Crippen LogP contribution < -0.4 is 33.2 Å². The van der Waals surface area contributed by atoms with Gasteiger partial charge in [-0.1, -0.05) is 30.3 Å². The zero-order chi connectivity index (χ0) is 31.1. The number of aromatic nitrogens is 2. The van der Waals surface area contributed by atoms with Crippen LogP contribution in [0.3, 0.4) is 0 Å². The quantitative estimate of drug-likeness (QED) is 0.0521. The lowest BCUT2D eigenvalue weighted by molar-refractivity contribution is -0.143. The van der Waals surface area contributed by atoms with Crippen LogP contribution in [0.5, 0.6) is 0 Å². The lowest BCUT2D eigenvalue weighted by Gasteiger charge is -2.25. The lowest BCUT2D eigenvalue weighted by atomic mass is 10.0. The number of nitrogens with two attached hydrogens (primary N) is 3. The molecule has 1 heterocycles. The van der Waals surface area contributed by atoms with Crippen molar-refractivity contribution in [2.45, 2.75) is 62.7 Å². The topological polar surface area (TPSA) is 281 Å². The molecule has 0 spiro atoms. The maximum atomic E-state index is 13.3. The predicted molar refractivity (Wildman–Crippen MR) is 151 cm³/mol. The highest BCUT2D eigenvalue weighted by Crippen LogP contribution is 2.07. The number of hydrogen-bond acceptors (Lipinski definition) is 8. The molecule has 0 saturated carbocycles. The molecule has 16 heteroatoms. The van der Waals surface area contributed by atoms with Crippen molar-refractivity contribution in [3.63, 3.8) is 0 Å². The molecule has 0 bridgehead atoms. The van der Waals surface area contributed by atoms with Crippen molar-refractivity contribution in [1.82, 2.24) is 25.9 Å². The third-order valence-corrected chi connectivity index (χ3v) is 6.09. The zero-order valence-corrected chi connectivity index (χ0v) is 22.9. The van der Waals surface area contributed by atoms with Crippen LogP contribution in [0.1, 0.15) is 36.9 Å². The van der Waals surface area contributed by atoms with E-state index in [0.29, 0.717) is 5.69 Å². The molecule has 16 nitrogen and oxygen atoms in total. The number of carboxylic acid groups (broad SMARTS) is 2. The predicted octanol–water partition coefficient (Wildman–Crippen LogP) is -2.02. The van der Waals surface area contributed by atoms with E-state index < -0.39 is 60.2 Å². The van der Waals surface area contributed by atoms with E-state index in [1.165, 1.54) is 12.5 Å². The van der Waals surface area contributed by atoms with Gasteiger partial charge < -0.3 is 48.3 Å². The Labute approximate surface area is 241 Å². The number of aromatic amines is 1. The minimum Gasteiger partial charge on any atom is -0.481 e. The normalized spacial score (nSPS) is 13.5. The summed E-state index contributed by atoms with van der Waals surface area (Å²) in [5, 5.41) is 26.1. The molecule has 4 unspecified atom stereocenters. The smallest absolute Gasteiger partial charge is 0.326 e. The highest BCUT2D eigenvalue weighted by Gasteiger charge is 2.31. The summed E-state index contributed by atoms with van der Waals surface area (Å²) in [6, 6.07) is 4.01. The van der Waals surface area contributed by atoms with E-state index in [-0.39, 0.29) is 44.6 Å². The summed E-state index contributed by atoms with van der Waals surface area (Å²) in [4.78, 5) is 72.7. The van der Waals surface area contributed by atoms with Crippen LogP contribution >= 0.6 is 0 Å². The Kier molecular flexibility index (Phi) is 13.4. The Bertz CT molecular complexity index is 1220. The summed E-state index contributed by atoms with van der Waals surface area (Å²) >= 11 is 0. The first-order chi connectivity index (χ1) is 20.0. The van der Waals surface area contributed by atoms with Crippen molar-refractivity contribution in [2.75, 3.05) is 6.54 Å². The Balaban J connectivity index is 2.17. The Morgan fingerprint density at radius 1 is 0.881 bits per heavy atom. The molecule has 42 heavy (non-hydrogen) atoms. The highest BCUT2D eigenvalue weighted by atomic mass is 16.4. The van der Waals surface area contributed by atoms with Crippen LogP contribution in [0, 0.1) is 0 Å². The number of aliphatic imine (C=N–C) groups is 1. The number of imidazole rings is 1. The molecule has 0 fully saturated rings. The summed E-state index contributed by atoms with van der Waals surface area (Å²) in [7, 11) is 0. The van der Waals surface area contributed by atoms with Crippen LogP contribution in [-0.4, -0.2) is 86.5 Å². The maximum absolute atomic E-state index is 13.3. The number of hydrogen-bond donors (Lipinski definition) is 9. The van der Waals surface area contributed by atoms with Gasteiger partial charge in [0.25, 0.3) is 0 Å². The largest absolute Gasteiger partial charge is 0.481 e. The second-order valence-electron chi connectivity index (χ2n) is 9.48. The molecule has 0 aliphatic heterocycles. The van der Waals surface area contributed by atoms with Crippen molar-refractivity contribution in [2.24, 2.45) is 22.2 Å². The minimum absolute atomic E-state index is 0.0528. The number of rotatable bonds is 18. The summed E-state index contributed by atoms with van der Waals surface area (Å²) in [5.74, 6) is -5.08. The number of amides is 3. The molecule has 0 aliphatic rings. The van der Waals surface area contributed by atoms with Crippen LogP contribution in [0.2, 0.25) is 0 Å². The fraction of sp³-hybridized carbons (Fsp3) is 0.423. The maximum Gasteiger partial charge on any atom is 0.326 e. The minimum atomic E-state index is -1.42. The van der Waals surface area contributed by atoms with Crippen molar-refractivity contribution < 1.29 is 34.2 Å². The van der Waals surface area contributed by atoms with Gasteiger partial charge in [0.1, 0.15) is 18.1 Å². The lowest BCUT2D eigenvalue weighted by Crippen LogP contribution is -2.57. The van der Waals surface area contributed by atoms with Crippen molar-refractivity contribution in [1.29, 1.82) is 0 Å². The first-order valence-electron chi connectivity index (χ1n) is 13.1. The van der Waals surface area contributed by atoms with Gasteiger partial charge in [-0.3, -0.25) is 24.2 Å². The van der Waals surface area contributed by atoms with Gasteiger partial charge >= 0.3 is 11.9 Å². The number of guanidine groups is 1. The van der Waals surface area contributed by atoms with E-state index in [1.54, 1.807) is 24.3 Å². The molecule has 1 aromatic heterocycles. The second-order valence-corrected chi connectivity index (χ2v) is 9.48. The summed E-state index contributed by atoms with van der Waals surface area (Å²) in [6.07, 6.45) is 2.28. The van der Waals surface area contributed by atoms with E-state index in [4.69, 9.17) is 22.3 Å². The van der Waals surface area contributed by atoms with E-state index in [0.717, 1.165) is 5.56 Å². The number of carbonyl (C=O) groups excluding carboxylic acids is 3. The van der Waals surface area contributed by atoms with E-state index in [9.17, 15) is 29.1 Å². The van der Waals surface area contributed by atoms with Gasteiger partial charge in [0.05, 0.1) is 12.4 Å². The van der Waals surface area contributed by atoms with Gasteiger partial charge in [0.15, 0.2) is 5.96 Å². The average Bonchev–Trinajstić information content (AvgIpc) is 3.45. The molecule has 2 aromatic rings. The molecule has 1 aromatic carbocycles. The van der Waals surface area contributed by atoms with Crippen LogP contribution in [0.15, 0.2) is 47.8 Å². The fourth-order valence-corrected chi connectivity index (χ4v) is 3.91. The molecular weight excluding hydrogens is 550 g/mol. The average molecular weight is 588 g/mol. The number of carboxylic acids is 2. The SMILES string of the molecule is NC(N)=NCCCC(NC(=O)C(N)Cc1ccccc1)C(=O)NC(CCC(=O)O)C(=O)NC(Cc1cnc[nH]1)C(=O)O. The van der Waals surface area contributed by atoms with Crippen LogP contribution in [0.25, 0.3) is 0 Å². The van der Waals surface area contributed by atoms with Gasteiger partial charge in [0, 0.05) is 31.3 Å². The van der Waals surface area contributed by atoms with Gasteiger partial charge in [-0.05, 0) is 31.2 Å². The summed E-state index contributed by atoms with van der Waals surface area (Å²) in [5.41, 5.74) is 18.0. The van der Waals surface area contributed by atoms with Gasteiger partial charge in [0.2, 0.25) is 17.7 Å². The number of nitrogens with one attached hydrogen (secondary N) is 4. The van der Waals surface area contributed by atoms with Gasteiger partial charge in [-0.15, -0.1) is 0 Å². The first kappa shape index (κ1) is 33.2. The first-order valence-corrected chi connectivity index (χ1v) is 13.1. The van der Waals surface area contributed by atoms with Gasteiger partial charge in [-0.25, -0.2) is 9.78 Å². The fourth-order valence-electron chi connectivity index (χ4n) is 3.91. The number of carbonyl (C=O) groups is 5. The van der Waals surface area contributed by atoms with E-state index in [2.05, 4.69) is 30.9 Å².